The largest absolute Gasteiger partial charge is 0.277 e. The molecule has 0 radical (unpaired) electrons. The zero-order chi connectivity index (χ0) is 23.5. The maximum absolute atomic E-state index is 4.56. The molecule has 35 heavy (non-hydrogen) atoms. The van der Waals surface area contributed by atoms with Crippen molar-refractivity contribution >= 4 is 33.1 Å². The number of benzene rings is 2. The highest BCUT2D eigenvalue weighted by Crippen LogP contribution is 2.44. The monoisotopic (exact) mass is 499 g/mol. The number of thiazole rings is 1. The smallest absolute Gasteiger partial charge is 0.261 e. The summed E-state index contributed by atoms with van der Waals surface area (Å²) < 4.78 is 5.16. The van der Waals surface area contributed by atoms with Crippen LogP contribution in [-0.2, 0) is 30.3 Å². The molecular weight excluding hydrogens is 468 g/mol. The van der Waals surface area contributed by atoms with Gasteiger partial charge in [0.2, 0.25) is 0 Å². The fourth-order valence-corrected chi connectivity index (χ4v) is 8.28. The minimum absolute atomic E-state index is 0.219. The van der Waals surface area contributed by atoms with Gasteiger partial charge in [0.05, 0.1) is 40.4 Å². The van der Waals surface area contributed by atoms with E-state index in [1.165, 1.54) is 63.4 Å². The summed E-state index contributed by atoms with van der Waals surface area (Å²) in [6.45, 7) is 9.90. The fraction of sp³-hybridized carbons (Fsp3) is 0.345. The third-order valence-corrected chi connectivity index (χ3v) is 10.5. The zero-order valence-electron chi connectivity index (χ0n) is 20.2. The molecule has 0 amide bonds. The lowest BCUT2D eigenvalue weighted by Gasteiger charge is -2.27. The van der Waals surface area contributed by atoms with Crippen molar-refractivity contribution in [2.45, 2.75) is 56.4 Å². The highest BCUT2D eigenvalue weighted by Gasteiger charge is 2.35. The Morgan fingerprint density at radius 1 is 1.14 bits per heavy atom. The molecule has 1 unspecified atom stereocenters. The Morgan fingerprint density at radius 3 is 2.66 bits per heavy atom. The van der Waals surface area contributed by atoms with Crippen LogP contribution in [0.25, 0.3) is 10.9 Å². The first kappa shape index (κ1) is 21.6. The van der Waals surface area contributed by atoms with Crippen LogP contribution in [0, 0.1) is 6.92 Å². The van der Waals surface area contributed by atoms with Crippen LogP contribution < -0.4 is 0 Å². The van der Waals surface area contributed by atoms with E-state index in [4.69, 9.17) is 0 Å². The lowest BCUT2D eigenvalue weighted by atomic mass is 9.97. The molecule has 2 aromatic carbocycles. The highest BCUT2D eigenvalue weighted by molar-refractivity contribution is 7.83. The topological polar surface area (TPSA) is 24.1 Å². The predicted octanol–water partition coefficient (Wildman–Crippen LogP) is 6.40. The average molecular weight is 500 g/mol. The normalized spacial score (nSPS) is 19.3. The van der Waals surface area contributed by atoms with Gasteiger partial charge < -0.3 is 0 Å². The van der Waals surface area contributed by atoms with E-state index in [9.17, 15) is 0 Å². The van der Waals surface area contributed by atoms with Gasteiger partial charge in [-0.2, -0.15) is 3.95 Å². The first-order valence-electron chi connectivity index (χ1n) is 12.7. The molecule has 2 aliphatic heterocycles. The predicted molar refractivity (Wildman–Crippen MR) is 145 cm³/mol. The van der Waals surface area contributed by atoms with Crippen LogP contribution >= 0.6 is 11.3 Å². The summed E-state index contributed by atoms with van der Waals surface area (Å²) in [7, 11) is -0.219. The number of likely N-dealkylation sites (tertiary alicyclic amines) is 1. The molecule has 2 aromatic heterocycles. The number of aryl methyl sites for hydroxylation is 3. The van der Waals surface area contributed by atoms with Crippen molar-refractivity contribution < 1.29 is 3.95 Å². The second-order valence-electron chi connectivity index (χ2n) is 10.2. The number of rotatable bonds is 7. The second kappa shape index (κ2) is 8.45. The summed E-state index contributed by atoms with van der Waals surface area (Å²) in [5, 5.41) is 3.59. The average Bonchev–Trinajstić information content (AvgIpc) is 3.25. The summed E-state index contributed by atoms with van der Waals surface area (Å²) in [5.41, 5.74) is 10.3. The number of hydrogen-bond acceptors (Lipinski definition) is 3. The maximum Gasteiger partial charge on any atom is 0.277 e. The molecule has 2 fully saturated rings. The number of hydrogen-bond donors (Lipinski definition) is 0. The summed E-state index contributed by atoms with van der Waals surface area (Å²) in [4.78, 5) is 8.35. The zero-order valence-corrected chi connectivity index (χ0v) is 21.9. The van der Waals surface area contributed by atoms with Crippen molar-refractivity contribution in [3.05, 3.63) is 93.8 Å². The molecule has 6 heteroatoms. The molecule has 4 nitrogen and oxygen atoms in total. The lowest BCUT2D eigenvalue weighted by Crippen LogP contribution is -2.39. The molecule has 1 saturated carbocycles. The van der Waals surface area contributed by atoms with Crippen LogP contribution in [-0.4, -0.2) is 30.9 Å². The molecule has 7 rings (SSSR count). The van der Waals surface area contributed by atoms with Crippen LogP contribution in [0.4, 0.5) is 0 Å². The SMILES string of the molecule is C=C(N1CCC1)[N+]1=S(c2ccc(C)cc2)n2c(cc3cc(C4CC4)c(CCc4cscn4)cc32)C1. The van der Waals surface area contributed by atoms with Gasteiger partial charge in [0.1, 0.15) is 17.4 Å². The third-order valence-electron chi connectivity index (χ3n) is 7.67. The van der Waals surface area contributed by atoms with Crippen molar-refractivity contribution in [3.8, 4) is 0 Å². The van der Waals surface area contributed by atoms with E-state index in [-0.39, 0.29) is 10.9 Å². The molecule has 4 aromatic rings. The van der Waals surface area contributed by atoms with Crippen LogP contribution in [0.3, 0.4) is 0 Å². The number of fused-ring (bicyclic) bond motifs is 3. The first-order valence-corrected chi connectivity index (χ1v) is 14.8. The molecular formula is C29H31N4S2+. The summed E-state index contributed by atoms with van der Waals surface area (Å²) in [6, 6.07) is 16.6. The van der Waals surface area contributed by atoms with Gasteiger partial charge in [-0.05, 0) is 86.6 Å². The van der Waals surface area contributed by atoms with Gasteiger partial charge in [-0.1, -0.05) is 17.7 Å². The standard InChI is InChI=1S/C29H31N4S2/c1-20-4-10-27(11-5-20)35-32(21(2)31-12-3-13-31)17-26-14-24-15-28(22-6-7-22)23(16-29(24)33(26)35)8-9-25-18-34-19-30-25/h4-5,10-11,14-16,18-19,22H,2-3,6-9,12-13,17H2,1H3/q+1. The highest BCUT2D eigenvalue weighted by atomic mass is 32.2. The second-order valence-corrected chi connectivity index (χ2v) is 12.7. The molecule has 4 heterocycles. The quantitative estimate of drug-likeness (QED) is 0.275. The van der Waals surface area contributed by atoms with E-state index in [0.29, 0.717) is 0 Å². The van der Waals surface area contributed by atoms with Crippen LogP contribution in [0.2, 0.25) is 0 Å². The molecule has 1 saturated heterocycles. The third kappa shape index (κ3) is 3.78. The Balaban J connectivity index is 1.37. The Bertz CT molecular complexity index is 1470. The van der Waals surface area contributed by atoms with E-state index >= 15 is 0 Å². The molecule has 1 atom stereocenters. The first-order chi connectivity index (χ1) is 17.2. The van der Waals surface area contributed by atoms with E-state index in [2.05, 4.69) is 79.1 Å². The number of nitrogens with zero attached hydrogens (tertiary/aromatic N) is 4. The molecule has 1 aliphatic carbocycles. The van der Waals surface area contributed by atoms with Gasteiger partial charge in [-0.3, -0.25) is 8.87 Å². The fourth-order valence-electron chi connectivity index (χ4n) is 5.40. The lowest BCUT2D eigenvalue weighted by molar-refractivity contribution is -0.485. The summed E-state index contributed by atoms with van der Waals surface area (Å²) >= 11 is 1.70. The van der Waals surface area contributed by atoms with Gasteiger partial charge in [0.15, 0.2) is 0 Å². The summed E-state index contributed by atoms with van der Waals surface area (Å²) in [5.74, 6) is 1.92. The molecule has 0 spiro atoms. The van der Waals surface area contributed by atoms with E-state index in [1.54, 1.807) is 16.9 Å². The van der Waals surface area contributed by atoms with Crippen molar-refractivity contribution in [3.63, 3.8) is 0 Å². The van der Waals surface area contributed by atoms with Gasteiger partial charge >= 0.3 is 0 Å². The van der Waals surface area contributed by atoms with Gasteiger partial charge in [0.25, 0.3) is 5.82 Å². The Hall–Kier alpha value is -2.70. The summed E-state index contributed by atoms with van der Waals surface area (Å²) in [6.07, 6.45) is 6.02. The molecule has 3 aliphatic rings. The Kier molecular flexibility index (Phi) is 5.21. The minimum atomic E-state index is -0.219. The molecule has 0 N–H and O–H groups in total. The Morgan fingerprint density at radius 2 is 1.97 bits per heavy atom. The molecule has 178 valence electrons. The van der Waals surface area contributed by atoms with Gasteiger partial charge in [-0.25, -0.2) is 4.98 Å². The van der Waals surface area contributed by atoms with Crippen LogP contribution in [0.15, 0.2) is 70.7 Å². The van der Waals surface area contributed by atoms with E-state index in [0.717, 1.165) is 38.4 Å². The van der Waals surface area contributed by atoms with Gasteiger partial charge in [-0.15, -0.1) is 11.3 Å². The Labute approximate surface area is 213 Å². The maximum atomic E-state index is 4.56. The molecule has 0 bridgehead atoms. The number of aromatic nitrogens is 2. The van der Waals surface area contributed by atoms with E-state index in [1.807, 2.05) is 5.51 Å². The van der Waals surface area contributed by atoms with Gasteiger partial charge in [0, 0.05) is 17.2 Å². The van der Waals surface area contributed by atoms with Crippen molar-refractivity contribution in [1.82, 2.24) is 13.9 Å². The minimum Gasteiger partial charge on any atom is -0.261 e. The van der Waals surface area contributed by atoms with Crippen LogP contribution in [0.5, 0.6) is 0 Å². The van der Waals surface area contributed by atoms with Crippen LogP contribution in [0.1, 0.15) is 53.3 Å². The van der Waals surface area contributed by atoms with Crippen molar-refractivity contribution in [2.75, 3.05) is 13.1 Å². The van der Waals surface area contributed by atoms with Crippen molar-refractivity contribution in [2.24, 2.45) is 0 Å². The van der Waals surface area contributed by atoms with Crippen molar-refractivity contribution in [1.29, 1.82) is 0 Å². The van der Waals surface area contributed by atoms with E-state index < -0.39 is 0 Å².